The van der Waals surface area contributed by atoms with Gasteiger partial charge in [-0.25, -0.2) is 4.98 Å². The van der Waals surface area contributed by atoms with Crippen molar-refractivity contribution in [2.45, 2.75) is 36.6 Å². The highest BCUT2D eigenvalue weighted by atomic mass is 32.2. The fourth-order valence-corrected chi connectivity index (χ4v) is 5.56. The van der Waals surface area contributed by atoms with Gasteiger partial charge >= 0.3 is 0 Å². The van der Waals surface area contributed by atoms with Crippen molar-refractivity contribution < 1.29 is 19.4 Å². The van der Waals surface area contributed by atoms with E-state index in [0.29, 0.717) is 31.2 Å². The first-order valence-electron chi connectivity index (χ1n) is 9.95. The average molecular weight is 433 g/mol. The Morgan fingerprint density at radius 3 is 2.62 bits per heavy atom. The second-order valence-corrected chi connectivity index (χ2v) is 10.1. The van der Waals surface area contributed by atoms with Gasteiger partial charge in [0.15, 0.2) is 0 Å². The fourth-order valence-electron chi connectivity index (χ4n) is 4.27. The summed E-state index contributed by atoms with van der Waals surface area (Å²) < 4.78 is 11.9. The van der Waals surface area contributed by atoms with E-state index >= 15 is 0 Å². The lowest BCUT2D eigenvalue weighted by atomic mass is 9.83. The number of carbonyl (C=O) groups is 1. The molecule has 0 aliphatic carbocycles. The second-order valence-electron chi connectivity index (χ2n) is 8.11. The number of thioether (sulfide) groups is 1. The second kappa shape index (κ2) is 7.58. The van der Waals surface area contributed by atoms with Crippen LogP contribution in [0.4, 0.5) is 0 Å². The number of hydrogen-bond acceptors (Lipinski definition) is 7. The van der Waals surface area contributed by atoms with Gasteiger partial charge in [-0.1, -0.05) is 0 Å². The van der Waals surface area contributed by atoms with Gasteiger partial charge < -0.3 is 19.5 Å². The Kier molecular flexibility index (Phi) is 5.06. The summed E-state index contributed by atoms with van der Waals surface area (Å²) in [6.07, 6.45) is 4.02. The molecule has 1 amide bonds. The molecule has 0 radical (unpaired) electrons. The molecule has 29 heavy (non-hydrogen) atoms. The van der Waals surface area contributed by atoms with Gasteiger partial charge in [0.05, 0.1) is 12.2 Å². The van der Waals surface area contributed by atoms with E-state index in [9.17, 15) is 9.90 Å². The van der Waals surface area contributed by atoms with Crippen LogP contribution in [0.2, 0.25) is 0 Å². The quantitative estimate of drug-likeness (QED) is 0.801. The first-order chi connectivity index (χ1) is 14.1. The van der Waals surface area contributed by atoms with E-state index < -0.39 is 5.60 Å². The lowest BCUT2D eigenvalue weighted by molar-refractivity contribution is -0.0431. The lowest BCUT2D eigenvalue weighted by Crippen LogP contribution is -2.47. The Morgan fingerprint density at radius 2 is 2.00 bits per heavy atom. The van der Waals surface area contributed by atoms with Gasteiger partial charge in [0, 0.05) is 48.2 Å². The first-order valence-corrected chi connectivity index (χ1v) is 12.0. The van der Waals surface area contributed by atoms with Crippen LogP contribution in [0.3, 0.4) is 0 Å². The number of rotatable bonds is 4. The summed E-state index contributed by atoms with van der Waals surface area (Å²) in [5, 5.41) is 13.6. The molecule has 1 aromatic carbocycles. The standard InChI is InChI=1S/C21H24N2O4S2/c24-18(15-1-3-16(4-2-15)27-17-11-28-12-17)23-8-5-20(6-9-23)13-21(25,14-26-20)19-22-7-10-29-19/h1-4,7,10,17,25H,5-6,8-9,11-14H2/t21-/m0/s1. The van der Waals surface area contributed by atoms with Crippen LogP contribution >= 0.6 is 23.1 Å². The number of piperidine rings is 1. The molecule has 3 saturated heterocycles. The van der Waals surface area contributed by atoms with Gasteiger partial charge in [-0.15, -0.1) is 11.3 Å². The number of hydrogen-bond donors (Lipinski definition) is 1. The highest BCUT2D eigenvalue weighted by Crippen LogP contribution is 2.45. The third-order valence-electron chi connectivity index (χ3n) is 6.04. The van der Waals surface area contributed by atoms with Crippen LogP contribution in [0.1, 0.15) is 34.6 Å². The van der Waals surface area contributed by atoms with Gasteiger partial charge in [-0.3, -0.25) is 4.79 Å². The van der Waals surface area contributed by atoms with Gasteiger partial charge in [-0.2, -0.15) is 11.8 Å². The number of aromatic nitrogens is 1. The van der Waals surface area contributed by atoms with Crippen molar-refractivity contribution in [1.82, 2.24) is 9.88 Å². The molecule has 154 valence electrons. The summed E-state index contributed by atoms with van der Waals surface area (Å²) in [5.41, 5.74) is -0.687. The number of benzene rings is 1. The van der Waals surface area contributed by atoms with Crippen LogP contribution in [-0.4, -0.2) is 63.8 Å². The van der Waals surface area contributed by atoms with Crippen molar-refractivity contribution in [1.29, 1.82) is 0 Å². The average Bonchev–Trinajstić information content (AvgIpc) is 3.35. The number of aliphatic hydroxyl groups is 1. The highest BCUT2D eigenvalue weighted by molar-refractivity contribution is 8.00. The molecule has 1 N–H and O–H groups in total. The van der Waals surface area contributed by atoms with Gasteiger partial charge in [0.25, 0.3) is 5.91 Å². The predicted octanol–water partition coefficient (Wildman–Crippen LogP) is 2.92. The summed E-state index contributed by atoms with van der Waals surface area (Å²) in [6.45, 7) is 1.53. The van der Waals surface area contributed by atoms with E-state index in [-0.39, 0.29) is 18.1 Å². The Bertz CT molecular complexity index is 861. The molecule has 0 unspecified atom stereocenters. The molecule has 4 heterocycles. The van der Waals surface area contributed by atoms with Crippen molar-refractivity contribution in [3.05, 3.63) is 46.4 Å². The Hall–Kier alpha value is -1.61. The zero-order chi connectivity index (χ0) is 19.9. The number of amides is 1. The highest BCUT2D eigenvalue weighted by Gasteiger charge is 2.52. The third-order valence-corrected chi connectivity index (χ3v) is 8.22. The van der Waals surface area contributed by atoms with Crippen molar-refractivity contribution in [2.75, 3.05) is 31.2 Å². The number of ether oxygens (including phenoxy) is 2. The van der Waals surface area contributed by atoms with E-state index in [1.54, 1.807) is 6.20 Å². The molecule has 0 bridgehead atoms. The molecular weight excluding hydrogens is 408 g/mol. The number of likely N-dealkylation sites (tertiary alicyclic amines) is 1. The maximum Gasteiger partial charge on any atom is 0.253 e. The van der Waals surface area contributed by atoms with Crippen LogP contribution in [-0.2, 0) is 10.3 Å². The van der Waals surface area contributed by atoms with E-state index in [2.05, 4.69) is 4.98 Å². The van der Waals surface area contributed by atoms with Crippen LogP contribution in [0, 0.1) is 0 Å². The summed E-state index contributed by atoms with van der Waals surface area (Å²) in [5.74, 6) is 2.94. The molecular formula is C21H24N2O4S2. The zero-order valence-electron chi connectivity index (χ0n) is 16.1. The Balaban J connectivity index is 1.19. The maximum atomic E-state index is 12.9. The molecule has 1 aromatic heterocycles. The zero-order valence-corrected chi connectivity index (χ0v) is 17.7. The summed E-state index contributed by atoms with van der Waals surface area (Å²) in [7, 11) is 0. The lowest BCUT2D eigenvalue weighted by Gasteiger charge is -2.39. The predicted molar refractivity (Wildman–Crippen MR) is 113 cm³/mol. The van der Waals surface area contributed by atoms with Crippen LogP contribution in [0.25, 0.3) is 0 Å². The fraction of sp³-hybridized carbons (Fsp3) is 0.524. The Labute approximate surface area is 178 Å². The summed E-state index contributed by atoms with van der Waals surface area (Å²) >= 11 is 3.35. The summed E-state index contributed by atoms with van der Waals surface area (Å²) in [6, 6.07) is 7.47. The topological polar surface area (TPSA) is 71.9 Å². The maximum absolute atomic E-state index is 12.9. The van der Waals surface area contributed by atoms with Crippen LogP contribution < -0.4 is 4.74 Å². The van der Waals surface area contributed by atoms with Crippen molar-refractivity contribution >= 4 is 29.0 Å². The minimum Gasteiger partial charge on any atom is -0.489 e. The largest absolute Gasteiger partial charge is 0.489 e. The van der Waals surface area contributed by atoms with E-state index in [1.807, 2.05) is 46.3 Å². The molecule has 2 aromatic rings. The van der Waals surface area contributed by atoms with Crippen LogP contribution in [0.5, 0.6) is 5.75 Å². The van der Waals surface area contributed by atoms with Crippen molar-refractivity contribution in [2.24, 2.45) is 0 Å². The SMILES string of the molecule is O=C(c1ccc(OC2CSC2)cc1)N1CCC2(CC1)C[C@@](O)(c1nccs1)CO2. The number of carbonyl (C=O) groups excluding carboxylic acids is 1. The van der Waals surface area contributed by atoms with Crippen molar-refractivity contribution in [3.8, 4) is 5.75 Å². The number of thiazole rings is 1. The molecule has 5 rings (SSSR count). The molecule has 1 atom stereocenters. The molecule has 6 nitrogen and oxygen atoms in total. The van der Waals surface area contributed by atoms with E-state index in [1.165, 1.54) is 11.3 Å². The molecule has 8 heteroatoms. The van der Waals surface area contributed by atoms with Gasteiger partial charge in [0.1, 0.15) is 22.5 Å². The Morgan fingerprint density at radius 1 is 1.24 bits per heavy atom. The molecule has 3 aliphatic heterocycles. The van der Waals surface area contributed by atoms with Crippen LogP contribution in [0.15, 0.2) is 35.8 Å². The van der Waals surface area contributed by atoms with Gasteiger partial charge in [0.2, 0.25) is 0 Å². The molecule has 3 aliphatic rings. The van der Waals surface area contributed by atoms with E-state index in [0.717, 1.165) is 35.1 Å². The minimum atomic E-state index is -1.00. The number of nitrogens with zero attached hydrogens (tertiary/aromatic N) is 2. The molecule has 0 saturated carbocycles. The van der Waals surface area contributed by atoms with Gasteiger partial charge in [-0.05, 0) is 37.1 Å². The smallest absolute Gasteiger partial charge is 0.253 e. The normalized spacial score (nSPS) is 26.4. The monoisotopic (exact) mass is 432 g/mol. The molecule has 1 spiro atoms. The minimum absolute atomic E-state index is 0.0405. The summed E-state index contributed by atoms with van der Waals surface area (Å²) in [4.78, 5) is 19.1. The third kappa shape index (κ3) is 3.79. The first kappa shape index (κ1) is 19.4. The van der Waals surface area contributed by atoms with Crippen molar-refractivity contribution in [3.63, 3.8) is 0 Å². The molecule has 3 fully saturated rings. The van der Waals surface area contributed by atoms with E-state index in [4.69, 9.17) is 9.47 Å².